The summed E-state index contributed by atoms with van der Waals surface area (Å²) in [6.45, 7) is 5.55. The number of benzene rings is 1. The Hall–Kier alpha value is -2.43. The lowest BCUT2D eigenvalue weighted by Crippen LogP contribution is -2.47. The van der Waals surface area contributed by atoms with E-state index in [1.165, 1.54) is 0 Å². The van der Waals surface area contributed by atoms with Gasteiger partial charge in [-0.25, -0.2) is 0 Å². The number of hydrogen-bond acceptors (Lipinski definition) is 5. The molecule has 1 aromatic rings. The van der Waals surface area contributed by atoms with Gasteiger partial charge in [-0.1, -0.05) is 36.6 Å². The molecule has 2 amide bonds. The molecule has 0 bridgehead atoms. The maximum atomic E-state index is 13.5. The van der Waals surface area contributed by atoms with Crippen molar-refractivity contribution in [1.82, 2.24) is 10.6 Å². The smallest absolute Gasteiger partial charge is 0.224 e. The van der Waals surface area contributed by atoms with Crippen LogP contribution in [0.4, 0.5) is 0 Å². The molecule has 0 radical (unpaired) electrons. The molecule has 1 aliphatic heterocycles. The molecule has 0 aromatic heterocycles. The van der Waals surface area contributed by atoms with Crippen molar-refractivity contribution < 1.29 is 19.5 Å². The van der Waals surface area contributed by atoms with Gasteiger partial charge in [-0.2, -0.15) is 5.26 Å². The molecule has 1 unspecified atom stereocenters. The predicted molar refractivity (Wildman–Crippen MR) is 129 cm³/mol. The van der Waals surface area contributed by atoms with Crippen molar-refractivity contribution in [2.75, 3.05) is 6.54 Å². The third-order valence-corrected chi connectivity index (χ3v) is 7.85. The first-order valence-corrected chi connectivity index (χ1v) is 12.3. The molecule has 184 valence electrons. The summed E-state index contributed by atoms with van der Waals surface area (Å²) in [6, 6.07) is 8.03. The number of ketones is 1. The summed E-state index contributed by atoms with van der Waals surface area (Å²) in [5.41, 5.74) is -2.07. The van der Waals surface area contributed by atoms with Crippen LogP contribution in [0.15, 0.2) is 24.3 Å². The molecule has 2 aliphatic rings. The molecule has 1 saturated carbocycles. The average molecular weight is 488 g/mol. The first-order valence-electron chi connectivity index (χ1n) is 11.9. The van der Waals surface area contributed by atoms with Crippen molar-refractivity contribution in [2.45, 2.75) is 70.9 Å². The molecular weight excluding hydrogens is 454 g/mol. The Bertz CT molecular complexity index is 963. The largest absolute Gasteiger partial charge is 0.384 e. The van der Waals surface area contributed by atoms with E-state index in [1.807, 2.05) is 0 Å². The molecule has 3 N–H and O–H groups in total. The molecule has 1 heterocycles. The Morgan fingerprint density at radius 2 is 1.85 bits per heavy atom. The number of carbonyl (C=O) groups is 3. The van der Waals surface area contributed by atoms with Crippen LogP contribution in [0.1, 0.15) is 64.9 Å². The lowest BCUT2D eigenvalue weighted by Gasteiger charge is -2.40. The van der Waals surface area contributed by atoms with E-state index in [-0.39, 0.29) is 36.4 Å². The number of nitrogens with one attached hydrogen (secondary N) is 2. The number of amides is 2. The van der Waals surface area contributed by atoms with Crippen LogP contribution in [-0.4, -0.2) is 35.3 Å². The van der Waals surface area contributed by atoms with Crippen LogP contribution in [-0.2, 0) is 20.0 Å². The Labute approximate surface area is 206 Å². The van der Waals surface area contributed by atoms with E-state index < -0.39 is 23.0 Å². The maximum Gasteiger partial charge on any atom is 0.224 e. The van der Waals surface area contributed by atoms with Gasteiger partial charge in [0.15, 0.2) is 0 Å². The topological polar surface area (TPSA) is 119 Å². The van der Waals surface area contributed by atoms with Crippen LogP contribution in [0, 0.1) is 34.5 Å². The maximum absolute atomic E-state index is 13.5. The standard InChI is InChI=1S/C26H34ClN3O4/c1-25(2,26(3,34)19-6-8-20(27)9-7-19)22(31)14-18(12-16-4-5-16)24(33)30-21(15-28)13-17-10-11-29-23(17)32/h6-9,16-18,21,34H,4-5,10-14H2,1-3H3,(H,29,32)(H,30,33)/t17-,18+,21-,26?/m0/s1. The van der Waals surface area contributed by atoms with Gasteiger partial charge in [-0.05, 0) is 63.6 Å². The molecule has 3 rings (SSSR count). The minimum atomic E-state index is -1.47. The van der Waals surface area contributed by atoms with Crippen LogP contribution < -0.4 is 10.6 Å². The van der Waals surface area contributed by atoms with Gasteiger partial charge in [0.1, 0.15) is 11.8 Å². The van der Waals surface area contributed by atoms with E-state index in [0.29, 0.717) is 35.9 Å². The Balaban J connectivity index is 1.71. The molecular formula is C26H34ClN3O4. The number of Topliss-reactive ketones (excluding diaryl/α,β-unsaturated/α-hetero) is 1. The minimum Gasteiger partial charge on any atom is -0.384 e. The van der Waals surface area contributed by atoms with Crippen LogP contribution in [0.25, 0.3) is 0 Å². The number of rotatable bonds is 11. The fourth-order valence-corrected chi connectivity index (χ4v) is 4.64. The van der Waals surface area contributed by atoms with E-state index in [2.05, 4.69) is 16.7 Å². The van der Waals surface area contributed by atoms with Crippen LogP contribution >= 0.6 is 11.6 Å². The van der Waals surface area contributed by atoms with E-state index >= 15 is 0 Å². The highest BCUT2D eigenvalue weighted by Gasteiger charge is 2.47. The van der Waals surface area contributed by atoms with E-state index in [0.717, 1.165) is 12.8 Å². The molecule has 4 atom stereocenters. The molecule has 0 spiro atoms. The monoisotopic (exact) mass is 487 g/mol. The van der Waals surface area contributed by atoms with Crippen molar-refractivity contribution in [3.8, 4) is 6.07 Å². The SMILES string of the molecule is CC(C)(C(=O)C[C@@H](CC1CC1)C(=O)N[C@H](C#N)C[C@@H]1CCNC1=O)C(C)(O)c1ccc(Cl)cc1. The van der Waals surface area contributed by atoms with Gasteiger partial charge in [-0.3, -0.25) is 14.4 Å². The summed E-state index contributed by atoms with van der Waals surface area (Å²) >= 11 is 5.97. The summed E-state index contributed by atoms with van der Waals surface area (Å²) in [6.07, 6.45) is 3.49. The zero-order chi connectivity index (χ0) is 25.1. The molecule has 1 aromatic carbocycles. The summed E-state index contributed by atoms with van der Waals surface area (Å²) < 4.78 is 0. The normalized spacial score (nSPS) is 21.6. The number of nitrogens with zero attached hydrogens (tertiary/aromatic N) is 1. The van der Waals surface area contributed by atoms with Gasteiger partial charge in [0, 0.05) is 29.8 Å². The van der Waals surface area contributed by atoms with Crippen molar-refractivity contribution in [3.63, 3.8) is 0 Å². The number of hydrogen-bond donors (Lipinski definition) is 3. The van der Waals surface area contributed by atoms with Crippen LogP contribution in [0.3, 0.4) is 0 Å². The highest BCUT2D eigenvalue weighted by Crippen LogP contribution is 2.43. The Morgan fingerprint density at radius 3 is 2.38 bits per heavy atom. The highest BCUT2D eigenvalue weighted by molar-refractivity contribution is 6.30. The fourth-order valence-electron chi connectivity index (χ4n) is 4.51. The van der Waals surface area contributed by atoms with Crippen molar-refractivity contribution in [3.05, 3.63) is 34.9 Å². The van der Waals surface area contributed by atoms with Crippen molar-refractivity contribution in [2.24, 2.45) is 23.2 Å². The number of aliphatic hydroxyl groups is 1. The van der Waals surface area contributed by atoms with Gasteiger partial charge >= 0.3 is 0 Å². The van der Waals surface area contributed by atoms with E-state index in [4.69, 9.17) is 11.6 Å². The highest BCUT2D eigenvalue weighted by atomic mass is 35.5. The Kier molecular flexibility index (Phi) is 8.05. The summed E-state index contributed by atoms with van der Waals surface area (Å²) in [7, 11) is 0. The summed E-state index contributed by atoms with van der Waals surface area (Å²) in [5, 5.41) is 26.9. The average Bonchev–Trinajstić information content (AvgIpc) is 3.52. The van der Waals surface area contributed by atoms with Crippen molar-refractivity contribution >= 4 is 29.2 Å². The lowest BCUT2D eigenvalue weighted by atomic mass is 9.67. The first kappa shape index (κ1) is 26.2. The zero-order valence-corrected chi connectivity index (χ0v) is 20.8. The third-order valence-electron chi connectivity index (χ3n) is 7.59. The second kappa shape index (κ2) is 10.5. The zero-order valence-electron chi connectivity index (χ0n) is 20.1. The van der Waals surface area contributed by atoms with Crippen LogP contribution in [0.2, 0.25) is 5.02 Å². The Morgan fingerprint density at radius 1 is 1.21 bits per heavy atom. The van der Waals surface area contributed by atoms with Crippen molar-refractivity contribution in [1.29, 1.82) is 5.26 Å². The minimum absolute atomic E-state index is 0.0267. The third kappa shape index (κ3) is 5.97. The van der Waals surface area contributed by atoms with Gasteiger partial charge in [0.2, 0.25) is 11.8 Å². The quantitative estimate of drug-likeness (QED) is 0.441. The van der Waals surface area contributed by atoms with Crippen LogP contribution in [0.5, 0.6) is 0 Å². The predicted octanol–water partition coefficient (Wildman–Crippen LogP) is 3.48. The number of carbonyl (C=O) groups excluding carboxylic acids is 3. The summed E-state index contributed by atoms with van der Waals surface area (Å²) in [4.78, 5) is 38.5. The van der Waals surface area contributed by atoms with E-state index in [1.54, 1.807) is 45.0 Å². The van der Waals surface area contributed by atoms with Gasteiger partial charge in [-0.15, -0.1) is 0 Å². The fraction of sp³-hybridized carbons (Fsp3) is 0.615. The number of nitriles is 1. The van der Waals surface area contributed by atoms with Gasteiger partial charge < -0.3 is 15.7 Å². The number of halogens is 1. The van der Waals surface area contributed by atoms with Gasteiger partial charge in [0.25, 0.3) is 0 Å². The molecule has 1 saturated heterocycles. The lowest BCUT2D eigenvalue weighted by molar-refractivity contribution is -0.146. The first-order chi connectivity index (χ1) is 16.0. The molecule has 34 heavy (non-hydrogen) atoms. The molecule has 1 aliphatic carbocycles. The molecule has 8 heteroatoms. The van der Waals surface area contributed by atoms with E-state index in [9.17, 15) is 24.8 Å². The molecule has 7 nitrogen and oxygen atoms in total. The summed E-state index contributed by atoms with van der Waals surface area (Å²) in [5.74, 6) is -1.14. The van der Waals surface area contributed by atoms with Gasteiger partial charge in [0.05, 0.1) is 17.1 Å². The second-order valence-electron chi connectivity index (χ2n) is 10.4. The molecule has 2 fully saturated rings. The second-order valence-corrected chi connectivity index (χ2v) is 10.8.